The van der Waals surface area contributed by atoms with Crippen LogP contribution in [0.25, 0.3) is 0 Å². The number of anilines is 1. The number of amides is 1. The lowest BCUT2D eigenvalue weighted by molar-refractivity contribution is 0.0679. The maximum absolute atomic E-state index is 12.3. The molecule has 1 aliphatic heterocycles. The van der Waals surface area contributed by atoms with Crippen LogP contribution in [0.1, 0.15) is 23.2 Å². The van der Waals surface area contributed by atoms with Crippen LogP contribution in [-0.4, -0.2) is 35.3 Å². The van der Waals surface area contributed by atoms with E-state index in [9.17, 15) is 9.90 Å². The van der Waals surface area contributed by atoms with E-state index in [1.54, 1.807) is 24.3 Å². The third kappa shape index (κ3) is 3.98. The zero-order chi connectivity index (χ0) is 16.1. The van der Waals surface area contributed by atoms with E-state index in [2.05, 4.69) is 10.3 Å². The van der Waals surface area contributed by atoms with Crippen LogP contribution in [0.4, 0.5) is 5.69 Å². The number of aromatic hydroxyl groups is 1. The molecule has 1 aromatic carbocycles. The molecule has 1 aliphatic rings. The molecule has 1 saturated heterocycles. The van der Waals surface area contributed by atoms with E-state index in [1.165, 1.54) is 18.5 Å². The van der Waals surface area contributed by atoms with Crippen molar-refractivity contribution >= 4 is 11.6 Å². The van der Waals surface area contributed by atoms with Gasteiger partial charge in [-0.2, -0.15) is 0 Å². The van der Waals surface area contributed by atoms with Crippen LogP contribution in [-0.2, 0) is 4.74 Å². The number of benzene rings is 1. The summed E-state index contributed by atoms with van der Waals surface area (Å²) in [4.78, 5) is 16.0. The van der Waals surface area contributed by atoms with E-state index in [1.807, 2.05) is 0 Å². The number of nitrogens with one attached hydrogen (secondary N) is 1. The number of hydrogen-bond donors (Lipinski definition) is 2. The minimum absolute atomic E-state index is 0.0772. The van der Waals surface area contributed by atoms with Crippen LogP contribution >= 0.6 is 0 Å². The first kappa shape index (κ1) is 15.3. The zero-order valence-corrected chi connectivity index (χ0v) is 12.6. The van der Waals surface area contributed by atoms with Crippen molar-refractivity contribution in [2.75, 3.05) is 18.5 Å². The summed E-state index contributed by atoms with van der Waals surface area (Å²) in [7, 11) is 0. The van der Waals surface area contributed by atoms with Gasteiger partial charge in [-0.3, -0.25) is 9.78 Å². The zero-order valence-electron chi connectivity index (χ0n) is 12.6. The SMILES string of the molecule is O=C(Nc1ccncc1O)c1cccc(OC[C@H]2CCCO2)c1. The first-order valence-corrected chi connectivity index (χ1v) is 7.51. The largest absolute Gasteiger partial charge is 0.504 e. The van der Waals surface area contributed by atoms with E-state index in [0.29, 0.717) is 23.6 Å². The maximum atomic E-state index is 12.3. The summed E-state index contributed by atoms with van der Waals surface area (Å²) < 4.78 is 11.2. The van der Waals surface area contributed by atoms with Gasteiger partial charge in [0.2, 0.25) is 0 Å². The first-order valence-electron chi connectivity index (χ1n) is 7.51. The summed E-state index contributed by atoms with van der Waals surface area (Å²) >= 11 is 0. The summed E-state index contributed by atoms with van der Waals surface area (Å²) in [5.74, 6) is 0.216. The van der Waals surface area contributed by atoms with Crippen molar-refractivity contribution in [2.24, 2.45) is 0 Å². The lowest BCUT2D eigenvalue weighted by Gasteiger charge is -2.12. The third-order valence-corrected chi connectivity index (χ3v) is 3.60. The van der Waals surface area contributed by atoms with Gasteiger partial charge in [-0.25, -0.2) is 0 Å². The molecule has 0 aliphatic carbocycles. The van der Waals surface area contributed by atoms with Gasteiger partial charge in [-0.1, -0.05) is 6.07 Å². The molecular formula is C17H18N2O4. The molecule has 1 fully saturated rings. The third-order valence-electron chi connectivity index (χ3n) is 3.60. The van der Waals surface area contributed by atoms with Crippen molar-refractivity contribution < 1.29 is 19.4 Å². The molecule has 6 heteroatoms. The second kappa shape index (κ2) is 7.11. The number of hydrogen-bond acceptors (Lipinski definition) is 5. The Morgan fingerprint density at radius 2 is 2.35 bits per heavy atom. The number of rotatable bonds is 5. The Balaban J connectivity index is 1.64. The van der Waals surface area contributed by atoms with Crippen LogP contribution in [0.3, 0.4) is 0 Å². The quantitative estimate of drug-likeness (QED) is 0.886. The topological polar surface area (TPSA) is 80.7 Å². The Kier molecular flexibility index (Phi) is 4.73. The Morgan fingerprint density at radius 1 is 1.43 bits per heavy atom. The molecule has 0 spiro atoms. The first-order chi connectivity index (χ1) is 11.2. The van der Waals surface area contributed by atoms with Gasteiger partial charge in [0.15, 0.2) is 5.75 Å². The van der Waals surface area contributed by atoms with Crippen LogP contribution in [0, 0.1) is 0 Å². The molecule has 2 aromatic rings. The summed E-state index contributed by atoms with van der Waals surface area (Å²) in [5, 5.41) is 12.3. The van der Waals surface area contributed by atoms with Gasteiger partial charge >= 0.3 is 0 Å². The fourth-order valence-electron chi connectivity index (χ4n) is 2.38. The number of pyridine rings is 1. The van der Waals surface area contributed by atoms with Crippen molar-refractivity contribution in [1.82, 2.24) is 4.98 Å². The molecule has 0 saturated carbocycles. The minimum atomic E-state index is -0.325. The Hall–Kier alpha value is -2.60. The predicted octanol–water partition coefficient (Wildman–Crippen LogP) is 2.60. The molecule has 1 amide bonds. The molecule has 0 radical (unpaired) electrons. The molecule has 2 heterocycles. The lowest BCUT2D eigenvalue weighted by atomic mass is 10.2. The average molecular weight is 314 g/mol. The smallest absolute Gasteiger partial charge is 0.255 e. The van der Waals surface area contributed by atoms with Crippen LogP contribution in [0.2, 0.25) is 0 Å². The van der Waals surface area contributed by atoms with Gasteiger partial charge in [-0.15, -0.1) is 0 Å². The Morgan fingerprint density at radius 3 is 3.13 bits per heavy atom. The standard InChI is InChI=1S/C17H18N2O4/c20-16-10-18-7-6-15(16)19-17(21)12-3-1-4-13(9-12)23-11-14-5-2-8-22-14/h1,3-4,6-7,9-10,14,20H,2,5,8,11H2,(H,18,19,21)/t14-/m1/s1. The molecule has 0 bridgehead atoms. The highest BCUT2D eigenvalue weighted by Gasteiger charge is 2.16. The summed E-state index contributed by atoms with van der Waals surface area (Å²) in [5.41, 5.74) is 0.765. The van der Waals surface area contributed by atoms with Crippen molar-refractivity contribution in [1.29, 1.82) is 0 Å². The fourth-order valence-corrected chi connectivity index (χ4v) is 2.38. The minimum Gasteiger partial charge on any atom is -0.504 e. The monoisotopic (exact) mass is 314 g/mol. The highest BCUT2D eigenvalue weighted by atomic mass is 16.5. The van der Waals surface area contributed by atoms with Gasteiger partial charge < -0.3 is 19.9 Å². The van der Waals surface area contributed by atoms with E-state index < -0.39 is 0 Å². The van der Waals surface area contributed by atoms with Crippen molar-refractivity contribution in [3.63, 3.8) is 0 Å². The molecule has 1 aromatic heterocycles. The summed E-state index contributed by atoms with van der Waals surface area (Å²) in [6.45, 7) is 1.27. The van der Waals surface area contributed by atoms with Crippen LogP contribution in [0.15, 0.2) is 42.7 Å². The molecule has 23 heavy (non-hydrogen) atoms. The Bertz CT molecular complexity index is 684. The van der Waals surface area contributed by atoms with E-state index >= 15 is 0 Å². The molecule has 6 nitrogen and oxygen atoms in total. The van der Waals surface area contributed by atoms with Crippen molar-refractivity contribution in [3.05, 3.63) is 48.3 Å². The van der Waals surface area contributed by atoms with E-state index in [4.69, 9.17) is 9.47 Å². The second-order valence-corrected chi connectivity index (χ2v) is 5.32. The molecule has 0 unspecified atom stereocenters. The highest BCUT2D eigenvalue weighted by Crippen LogP contribution is 2.22. The predicted molar refractivity (Wildman–Crippen MR) is 84.8 cm³/mol. The number of carbonyl (C=O) groups is 1. The van der Waals surface area contributed by atoms with Crippen molar-refractivity contribution in [3.8, 4) is 11.5 Å². The summed E-state index contributed by atoms with van der Waals surface area (Å²) in [6, 6.07) is 8.45. The van der Waals surface area contributed by atoms with Gasteiger partial charge in [0.05, 0.1) is 18.0 Å². The van der Waals surface area contributed by atoms with E-state index in [0.717, 1.165) is 19.4 Å². The van der Waals surface area contributed by atoms with E-state index in [-0.39, 0.29) is 17.8 Å². The molecule has 2 N–H and O–H groups in total. The molecule has 3 rings (SSSR count). The van der Waals surface area contributed by atoms with Gasteiger partial charge in [0, 0.05) is 18.4 Å². The normalized spacial score (nSPS) is 17.0. The van der Waals surface area contributed by atoms with Crippen LogP contribution in [0.5, 0.6) is 11.5 Å². The van der Waals surface area contributed by atoms with Crippen LogP contribution < -0.4 is 10.1 Å². The lowest BCUT2D eigenvalue weighted by Crippen LogP contribution is -2.17. The molecule has 1 atom stereocenters. The summed E-state index contributed by atoms with van der Waals surface area (Å²) in [6.07, 6.45) is 4.96. The highest BCUT2D eigenvalue weighted by molar-refractivity contribution is 6.05. The molecule has 120 valence electrons. The number of aromatic nitrogens is 1. The molecular weight excluding hydrogens is 296 g/mol. The number of nitrogens with zero attached hydrogens (tertiary/aromatic N) is 1. The maximum Gasteiger partial charge on any atom is 0.255 e. The fraction of sp³-hybridized carbons (Fsp3) is 0.294. The Labute approximate surface area is 134 Å². The number of carbonyl (C=O) groups excluding carboxylic acids is 1. The average Bonchev–Trinajstić information content (AvgIpc) is 3.09. The number of ether oxygens (including phenoxy) is 2. The van der Waals surface area contributed by atoms with Gasteiger partial charge in [-0.05, 0) is 37.1 Å². The second-order valence-electron chi connectivity index (χ2n) is 5.32. The van der Waals surface area contributed by atoms with Crippen molar-refractivity contribution in [2.45, 2.75) is 18.9 Å². The van der Waals surface area contributed by atoms with Gasteiger partial charge in [0.25, 0.3) is 5.91 Å². The van der Waals surface area contributed by atoms with Gasteiger partial charge in [0.1, 0.15) is 12.4 Å².